The molecular weight excluding hydrogens is 621 g/mol. The summed E-state index contributed by atoms with van der Waals surface area (Å²) in [6.07, 6.45) is 0. The summed E-state index contributed by atoms with van der Waals surface area (Å²) in [5, 5.41) is 7.20. The minimum absolute atomic E-state index is 0.904. The van der Waals surface area contributed by atoms with Crippen molar-refractivity contribution < 1.29 is 4.42 Å². The minimum Gasteiger partial charge on any atom is -0.454 e. The van der Waals surface area contributed by atoms with Gasteiger partial charge in [-0.1, -0.05) is 127 Å². The first-order valence-corrected chi connectivity index (χ1v) is 17.4. The van der Waals surface area contributed by atoms with Crippen LogP contribution in [-0.4, -0.2) is 9.13 Å². The minimum atomic E-state index is 0.904. The molecule has 0 radical (unpaired) electrons. The van der Waals surface area contributed by atoms with Crippen LogP contribution in [0.2, 0.25) is 0 Å². The topological polar surface area (TPSA) is 23.0 Å². The third-order valence-electron chi connectivity index (χ3n) is 10.5. The Hall–Kier alpha value is -6.84. The zero-order valence-corrected chi connectivity index (χ0v) is 27.6. The Kier molecular flexibility index (Phi) is 5.96. The second kappa shape index (κ2) is 10.8. The molecule has 0 aliphatic carbocycles. The van der Waals surface area contributed by atoms with Crippen LogP contribution < -0.4 is 0 Å². The van der Waals surface area contributed by atoms with Crippen LogP contribution in [-0.2, 0) is 0 Å². The molecule has 0 aliphatic rings. The van der Waals surface area contributed by atoms with E-state index < -0.39 is 0 Å². The fourth-order valence-corrected chi connectivity index (χ4v) is 8.16. The van der Waals surface area contributed by atoms with Gasteiger partial charge in [-0.15, -0.1) is 0 Å². The number of hydrogen-bond donors (Lipinski definition) is 0. The molecule has 11 rings (SSSR count). The van der Waals surface area contributed by atoms with Gasteiger partial charge in [0.15, 0.2) is 5.58 Å². The molecule has 0 aliphatic heterocycles. The molecule has 3 heteroatoms. The van der Waals surface area contributed by atoms with Crippen LogP contribution in [0.3, 0.4) is 0 Å². The maximum atomic E-state index is 6.64. The smallest absolute Gasteiger partial charge is 0.160 e. The van der Waals surface area contributed by atoms with Gasteiger partial charge in [-0.25, -0.2) is 0 Å². The Morgan fingerprint density at radius 1 is 0.314 bits per heavy atom. The van der Waals surface area contributed by atoms with Crippen molar-refractivity contribution >= 4 is 65.6 Å². The van der Waals surface area contributed by atoms with E-state index in [-0.39, 0.29) is 0 Å². The first-order valence-electron chi connectivity index (χ1n) is 17.4. The SMILES string of the molecule is c1ccc(-c2ccc3c4ccc5c6ccccc6oc5c4n(-c4ccc(-c5ccc(-n6c7ccccc7c7ccccc76)cc5)cc4)c3c2)cc1. The number of benzene rings is 8. The number of nitrogens with zero attached hydrogens (tertiary/aromatic N) is 2. The molecule has 0 spiro atoms. The number of aromatic nitrogens is 2. The van der Waals surface area contributed by atoms with Gasteiger partial charge in [0.2, 0.25) is 0 Å². The molecule has 51 heavy (non-hydrogen) atoms. The monoisotopic (exact) mass is 650 g/mol. The Labute approximate surface area is 293 Å². The third-order valence-corrected chi connectivity index (χ3v) is 10.5. The first kappa shape index (κ1) is 28.0. The van der Waals surface area contributed by atoms with Gasteiger partial charge in [0.1, 0.15) is 5.58 Å². The molecule has 0 saturated carbocycles. The van der Waals surface area contributed by atoms with Crippen molar-refractivity contribution in [2.24, 2.45) is 0 Å². The normalized spacial score (nSPS) is 11.9. The van der Waals surface area contributed by atoms with Gasteiger partial charge < -0.3 is 13.6 Å². The highest BCUT2D eigenvalue weighted by Gasteiger charge is 2.20. The highest BCUT2D eigenvalue weighted by molar-refractivity contribution is 6.21. The van der Waals surface area contributed by atoms with E-state index >= 15 is 0 Å². The second-order valence-electron chi connectivity index (χ2n) is 13.3. The fraction of sp³-hybridized carbons (Fsp3) is 0. The molecule has 238 valence electrons. The van der Waals surface area contributed by atoms with E-state index in [4.69, 9.17) is 4.42 Å². The Bertz CT molecular complexity index is 3050. The lowest BCUT2D eigenvalue weighted by Gasteiger charge is -2.12. The Morgan fingerprint density at radius 2 is 0.804 bits per heavy atom. The summed E-state index contributed by atoms with van der Waals surface area (Å²) >= 11 is 0. The van der Waals surface area contributed by atoms with Crippen LogP contribution in [0.5, 0.6) is 0 Å². The fourth-order valence-electron chi connectivity index (χ4n) is 8.16. The van der Waals surface area contributed by atoms with E-state index in [1.807, 2.05) is 6.07 Å². The van der Waals surface area contributed by atoms with E-state index in [0.29, 0.717) is 0 Å². The summed E-state index contributed by atoms with van der Waals surface area (Å²) in [5.41, 5.74) is 13.5. The standard InChI is InChI=1S/C48H30N2O/c1-2-10-31(11-3-1)34-22-27-39-41-28-29-42-40-14-6-9-17-46(40)51-48(42)47(41)50(45(39)30-34)36-25-20-33(21-26-36)32-18-23-35(24-19-32)49-43-15-7-4-12-37(43)38-13-5-8-16-44(38)49/h1-30H. The van der Waals surface area contributed by atoms with Crippen LogP contribution >= 0.6 is 0 Å². The summed E-state index contributed by atoms with van der Waals surface area (Å²) in [4.78, 5) is 0. The van der Waals surface area contributed by atoms with E-state index in [2.05, 4.69) is 185 Å². The van der Waals surface area contributed by atoms with Gasteiger partial charge in [0.25, 0.3) is 0 Å². The molecule has 11 aromatic rings. The molecule has 0 atom stereocenters. The molecule has 3 aromatic heterocycles. The summed E-state index contributed by atoms with van der Waals surface area (Å²) < 4.78 is 11.4. The molecule has 0 amide bonds. The number of rotatable bonds is 4. The molecule has 0 fully saturated rings. The van der Waals surface area contributed by atoms with Crippen LogP contribution in [0, 0.1) is 0 Å². The highest BCUT2D eigenvalue weighted by atomic mass is 16.3. The summed E-state index contributed by atoms with van der Waals surface area (Å²) in [6.45, 7) is 0. The Morgan fingerprint density at radius 3 is 1.49 bits per heavy atom. The van der Waals surface area contributed by atoms with Crippen LogP contribution in [0.25, 0.3) is 99.2 Å². The molecule has 0 unspecified atom stereocenters. The van der Waals surface area contributed by atoms with Crippen LogP contribution in [0.1, 0.15) is 0 Å². The zero-order valence-electron chi connectivity index (χ0n) is 27.6. The Balaban J connectivity index is 1.06. The number of furan rings is 1. The second-order valence-corrected chi connectivity index (χ2v) is 13.3. The van der Waals surface area contributed by atoms with Crippen LogP contribution in [0.15, 0.2) is 186 Å². The molecule has 3 nitrogen and oxygen atoms in total. The van der Waals surface area contributed by atoms with E-state index in [1.165, 1.54) is 54.8 Å². The lowest BCUT2D eigenvalue weighted by atomic mass is 10.0. The van der Waals surface area contributed by atoms with Crippen molar-refractivity contribution in [2.75, 3.05) is 0 Å². The highest BCUT2D eigenvalue weighted by Crippen LogP contribution is 2.41. The largest absolute Gasteiger partial charge is 0.454 e. The third kappa shape index (κ3) is 4.19. The average molecular weight is 651 g/mol. The van der Waals surface area contributed by atoms with Crippen molar-refractivity contribution in [1.82, 2.24) is 9.13 Å². The lowest BCUT2D eigenvalue weighted by molar-refractivity contribution is 0.671. The van der Waals surface area contributed by atoms with Gasteiger partial charge in [-0.3, -0.25) is 0 Å². The van der Waals surface area contributed by atoms with E-state index in [1.54, 1.807) is 0 Å². The van der Waals surface area contributed by atoms with Gasteiger partial charge >= 0.3 is 0 Å². The molecule has 0 N–H and O–H groups in total. The van der Waals surface area contributed by atoms with Crippen molar-refractivity contribution in [2.45, 2.75) is 0 Å². The van der Waals surface area contributed by atoms with Crippen molar-refractivity contribution in [3.8, 4) is 33.6 Å². The number of para-hydroxylation sites is 3. The average Bonchev–Trinajstić information content (AvgIpc) is 3.86. The number of hydrogen-bond acceptors (Lipinski definition) is 1. The maximum absolute atomic E-state index is 6.64. The summed E-state index contributed by atoms with van der Waals surface area (Å²) in [7, 11) is 0. The van der Waals surface area contributed by atoms with Gasteiger partial charge in [-0.05, 0) is 76.9 Å². The van der Waals surface area contributed by atoms with Gasteiger partial charge in [-0.2, -0.15) is 0 Å². The molecule has 3 heterocycles. The van der Waals surface area contributed by atoms with Gasteiger partial charge in [0, 0.05) is 43.7 Å². The molecule has 8 aromatic carbocycles. The van der Waals surface area contributed by atoms with E-state index in [0.717, 1.165) is 44.3 Å². The van der Waals surface area contributed by atoms with Crippen molar-refractivity contribution in [1.29, 1.82) is 0 Å². The zero-order chi connectivity index (χ0) is 33.5. The predicted molar refractivity (Wildman–Crippen MR) is 213 cm³/mol. The summed E-state index contributed by atoms with van der Waals surface area (Å²) in [6, 6.07) is 65.4. The summed E-state index contributed by atoms with van der Waals surface area (Å²) in [5.74, 6) is 0. The molecule has 0 saturated heterocycles. The lowest BCUT2D eigenvalue weighted by Crippen LogP contribution is -1.95. The molecular formula is C48H30N2O. The maximum Gasteiger partial charge on any atom is 0.160 e. The number of fused-ring (bicyclic) bond motifs is 10. The van der Waals surface area contributed by atoms with Crippen molar-refractivity contribution in [3.05, 3.63) is 182 Å². The molecule has 0 bridgehead atoms. The predicted octanol–water partition coefficient (Wildman–Crippen LogP) is 13.1. The first-order chi connectivity index (χ1) is 25.3. The quantitative estimate of drug-likeness (QED) is 0.186. The van der Waals surface area contributed by atoms with Crippen LogP contribution in [0.4, 0.5) is 0 Å². The van der Waals surface area contributed by atoms with E-state index in [9.17, 15) is 0 Å². The van der Waals surface area contributed by atoms with Gasteiger partial charge in [0.05, 0.1) is 22.1 Å². The van der Waals surface area contributed by atoms with Crippen molar-refractivity contribution in [3.63, 3.8) is 0 Å².